The molecule has 0 spiro atoms. The van der Waals surface area contributed by atoms with Gasteiger partial charge in [-0.05, 0) is 56.7 Å². The fraction of sp³-hybridized carbons (Fsp3) is 0.522. The zero-order valence-electron chi connectivity index (χ0n) is 17.1. The summed E-state index contributed by atoms with van der Waals surface area (Å²) >= 11 is 0. The van der Waals surface area contributed by atoms with Gasteiger partial charge in [0.25, 0.3) is 0 Å². The number of anilines is 1. The van der Waals surface area contributed by atoms with Crippen LogP contribution in [0, 0.1) is 0 Å². The number of rotatable bonds is 10. The summed E-state index contributed by atoms with van der Waals surface area (Å²) in [7, 11) is 2.06. The third-order valence-electron chi connectivity index (χ3n) is 5.89. The normalized spacial score (nSPS) is 16.3. The number of nitrogens with one attached hydrogen (secondary N) is 1. The van der Waals surface area contributed by atoms with Gasteiger partial charge in [-0.1, -0.05) is 23.7 Å². The van der Waals surface area contributed by atoms with Crippen LogP contribution in [0.1, 0.15) is 74.2 Å². The van der Waals surface area contributed by atoms with Crippen molar-refractivity contribution in [3.8, 4) is 11.3 Å². The van der Waals surface area contributed by atoms with E-state index in [0.717, 1.165) is 61.2 Å². The first-order valence-electron chi connectivity index (χ1n) is 11.0. The van der Waals surface area contributed by atoms with Crippen molar-refractivity contribution in [3.63, 3.8) is 0 Å². The molecular weight excluding hydrogens is 362 g/mol. The highest BCUT2D eigenvalue weighted by Crippen LogP contribution is 2.41. The number of benzene rings is 1. The molecule has 6 nitrogen and oxygen atoms in total. The van der Waals surface area contributed by atoms with Crippen molar-refractivity contribution in [2.75, 3.05) is 11.9 Å². The standard InChI is InChI=1S/C23H29N5O/c1-28-21(16-9-10-16)15-20(26-28)18-6-5-7-19(14-18)24-13-4-2-3-8-22-25-23(27-29-22)17-11-12-17/h5-7,14-17,24H,2-4,8-13H2,1H3. The zero-order valence-corrected chi connectivity index (χ0v) is 17.1. The Morgan fingerprint density at radius 2 is 1.93 bits per heavy atom. The molecule has 1 N–H and O–H groups in total. The van der Waals surface area contributed by atoms with Crippen LogP contribution in [0.3, 0.4) is 0 Å². The number of hydrogen-bond acceptors (Lipinski definition) is 5. The molecule has 0 atom stereocenters. The SMILES string of the molecule is Cn1nc(-c2cccc(NCCCCCc3nc(C4CC4)no3)c2)cc1C1CC1. The van der Waals surface area contributed by atoms with Gasteiger partial charge in [-0.3, -0.25) is 4.68 Å². The maximum atomic E-state index is 5.34. The van der Waals surface area contributed by atoms with Crippen LogP contribution in [0.25, 0.3) is 11.3 Å². The Balaban J connectivity index is 1.07. The molecule has 2 heterocycles. The monoisotopic (exact) mass is 391 g/mol. The lowest BCUT2D eigenvalue weighted by Gasteiger charge is -2.07. The van der Waals surface area contributed by atoms with Crippen molar-refractivity contribution in [2.24, 2.45) is 7.05 Å². The molecule has 0 amide bonds. The van der Waals surface area contributed by atoms with Gasteiger partial charge in [0.05, 0.1) is 5.69 Å². The van der Waals surface area contributed by atoms with Crippen molar-refractivity contribution < 1.29 is 4.52 Å². The predicted molar refractivity (Wildman–Crippen MR) is 113 cm³/mol. The van der Waals surface area contributed by atoms with E-state index in [9.17, 15) is 0 Å². The third kappa shape index (κ3) is 4.52. The van der Waals surface area contributed by atoms with Gasteiger partial charge in [-0.15, -0.1) is 0 Å². The average Bonchev–Trinajstić information content (AvgIpc) is 3.67. The molecule has 0 saturated heterocycles. The van der Waals surface area contributed by atoms with Gasteiger partial charge in [-0.25, -0.2) is 0 Å². The summed E-state index contributed by atoms with van der Waals surface area (Å²) in [6, 6.07) is 10.8. The predicted octanol–water partition coefficient (Wildman–Crippen LogP) is 5.05. The number of nitrogens with zero attached hydrogens (tertiary/aromatic N) is 4. The van der Waals surface area contributed by atoms with Crippen LogP contribution >= 0.6 is 0 Å². The van der Waals surface area contributed by atoms with Crippen LogP contribution in [0.2, 0.25) is 0 Å². The summed E-state index contributed by atoms with van der Waals surface area (Å²) in [4.78, 5) is 4.50. The van der Waals surface area contributed by atoms with E-state index in [-0.39, 0.29) is 0 Å². The minimum absolute atomic E-state index is 0.568. The molecular formula is C23H29N5O. The molecule has 5 rings (SSSR count). The van der Waals surface area contributed by atoms with E-state index in [1.54, 1.807) is 0 Å². The summed E-state index contributed by atoms with van der Waals surface area (Å²) in [6.07, 6.45) is 9.29. The number of hydrogen-bond donors (Lipinski definition) is 1. The lowest BCUT2D eigenvalue weighted by molar-refractivity contribution is 0.369. The number of aryl methyl sites for hydroxylation is 2. The fourth-order valence-corrected chi connectivity index (χ4v) is 3.86. The highest BCUT2D eigenvalue weighted by atomic mass is 16.5. The summed E-state index contributed by atoms with van der Waals surface area (Å²) < 4.78 is 7.39. The van der Waals surface area contributed by atoms with Crippen LogP contribution in [0.4, 0.5) is 5.69 Å². The Kier molecular flexibility index (Phi) is 5.08. The molecule has 3 aromatic rings. The first-order chi connectivity index (χ1) is 14.3. The Bertz CT molecular complexity index is 967. The topological polar surface area (TPSA) is 68.8 Å². The Hall–Kier alpha value is -2.63. The molecule has 6 heteroatoms. The Morgan fingerprint density at radius 1 is 1.07 bits per heavy atom. The van der Waals surface area contributed by atoms with Gasteiger partial charge in [0.2, 0.25) is 5.89 Å². The Morgan fingerprint density at radius 3 is 2.76 bits per heavy atom. The van der Waals surface area contributed by atoms with E-state index in [0.29, 0.717) is 5.92 Å². The zero-order chi connectivity index (χ0) is 19.6. The molecule has 0 bridgehead atoms. The molecule has 1 aromatic carbocycles. The second-order valence-electron chi connectivity index (χ2n) is 8.49. The van der Waals surface area contributed by atoms with Gasteiger partial charge in [0.15, 0.2) is 5.82 Å². The summed E-state index contributed by atoms with van der Waals surface area (Å²) in [5, 5.41) is 12.4. The van der Waals surface area contributed by atoms with Crippen LogP contribution in [-0.4, -0.2) is 26.5 Å². The minimum Gasteiger partial charge on any atom is -0.385 e. The van der Waals surface area contributed by atoms with Crippen LogP contribution in [-0.2, 0) is 13.5 Å². The number of aromatic nitrogens is 4. The van der Waals surface area contributed by atoms with Crippen molar-refractivity contribution in [1.82, 2.24) is 19.9 Å². The van der Waals surface area contributed by atoms with Crippen molar-refractivity contribution in [2.45, 2.75) is 63.2 Å². The molecule has 0 unspecified atom stereocenters. The largest absolute Gasteiger partial charge is 0.385 e. The molecule has 152 valence electrons. The summed E-state index contributed by atoms with van der Waals surface area (Å²) in [5.41, 5.74) is 4.78. The van der Waals surface area contributed by atoms with Crippen molar-refractivity contribution in [3.05, 3.63) is 47.7 Å². The third-order valence-corrected chi connectivity index (χ3v) is 5.89. The van der Waals surface area contributed by atoms with E-state index in [4.69, 9.17) is 9.62 Å². The van der Waals surface area contributed by atoms with E-state index in [1.165, 1.54) is 36.9 Å². The van der Waals surface area contributed by atoms with Gasteiger partial charge < -0.3 is 9.84 Å². The smallest absolute Gasteiger partial charge is 0.226 e. The second kappa shape index (κ2) is 8.01. The highest BCUT2D eigenvalue weighted by Gasteiger charge is 2.28. The van der Waals surface area contributed by atoms with Crippen LogP contribution < -0.4 is 5.32 Å². The van der Waals surface area contributed by atoms with Crippen LogP contribution in [0.5, 0.6) is 0 Å². The van der Waals surface area contributed by atoms with Crippen LogP contribution in [0.15, 0.2) is 34.9 Å². The lowest BCUT2D eigenvalue weighted by Crippen LogP contribution is -2.02. The van der Waals surface area contributed by atoms with Gasteiger partial charge in [0.1, 0.15) is 0 Å². The molecule has 0 radical (unpaired) electrons. The van der Waals surface area contributed by atoms with E-state index < -0.39 is 0 Å². The molecule has 2 fully saturated rings. The van der Waals surface area contributed by atoms with Crippen molar-refractivity contribution in [1.29, 1.82) is 0 Å². The van der Waals surface area contributed by atoms with Gasteiger partial charge in [0, 0.05) is 48.8 Å². The molecule has 2 saturated carbocycles. The average molecular weight is 392 g/mol. The van der Waals surface area contributed by atoms with Gasteiger partial charge >= 0.3 is 0 Å². The minimum atomic E-state index is 0.568. The maximum absolute atomic E-state index is 5.34. The molecule has 2 aromatic heterocycles. The first kappa shape index (κ1) is 18.4. The highest BCUT2D eigenvalue weighted by molar-refractivity contribution is 5.65. The van der Waals surface area contributed by atoms with Gasteiger partial charge in [-0.2, -0.15) is 10.1 Å². The second-order valence-corrected chi connectivity index (χ2v) is 8.49. The quantitative estimate of drug-likeness (QED) is 0.490. The van der Waals surface area contributed by atoms with Crippen molar-refractivity contribution >= 4 is 5.69 Å². The summed E-state index contributed by atoms with van der Waals surface area (Å²) in [5.74, 6) is 3.00. The molecule has 2 aliphatic rings. The summed E-state index contributed by atoms with van der Waals surface area (Å²) in [6.45, 7) is 0.968. The fourth-order valence-electron chi connectivity index (χ4n) is 3.86. The van der Waals surface area contributed by atoms with E-state index in [2.05, 4.69) is 52.8 Å². The molecule has 2 aliphatic carbocycles. The van der Waals surface area contributed by atoms with E-state index >= 15 is 0 Å². The molecule has 0 aliphatic heterocycles. The maximum Gasteiger partial charge on any atom is 0.226 e. The Labute approximate surface area is 171 Å². The first-order valence-corrected chi connectivity index (χ1v) is 11.0. The molecule has 29 heavy (non-hydrogen) atoms. The van der Waals surface area contributed by atoms with E-state index in [1.807, 2.05) is 4.68 Å². The number of unbranched alkanes of at least 4 members (excludes halogenated alkanes) is 2. The lowest BCUT2D eigenvalue weighted by atomic mass is 10.1.